The Kier molecular flexibility index (Phi) is 3.54. The van der Waals surface area contributed by atoms with Crippen molar-refractivity contribution in [3.63, 3.8) is 0 Å². The first-order valence-electron chi connectivity index (χ1n) is 2.35. The van der Waals surface area contributed by atoms with Crippen LogP contribution in [-0.2, 0) is 4.79 Å². The number of aliphatic hydroxyl groups is 1. The van der Waals surface area contributed by atoms with Gasteiger partial charge in [0.05, 0.1) is 13.2 Å². The molecule has 9 heavy (non-hydrogen) atoms. The van der Waals surface area contributed by atoms with Crippen molar-refractivity contribution >= 4 is 5.97 Å². The summed E-state index contributed by atoms with van der Waals surface area (Å²) in [5, 5.41) is 18.7. The summed E-state index contributed by atoms with van der Waals surface area (Å²) in [7, 11) is 0. The first-order chi connectivity index (χ1) is 4.22. The third kappa shape index (κ3) is 2.76. The fraction of sp³-hybridized carbons (Fsp3) is 0.750. The first kappa shape index (κ1) is 8.03. The molecule has 1 atom stereocenters. The predicted octanol–water partition coefficient (Wildman–Crippen LogP) is -0.554. The molecule has 5 nitrogen and oxygen atoms in total. The van der Waals surface area contributed by atoms with Crippen molar-refractivity contribution in [2.45, 2.75) is 0 Å². The van der Waals surface area contributed by atoms with Gasteiger partial charge in [-0.25, -0.2) is 0 Å². The van der Waals surface area contributed by atoms with E-state index < -0.39 is 18.5 Å². The highest BCUT2D eigenvalue weighted by molar-refractivity contribution is 5.70. The van der Waals surface area contributed by atoms with Crippen molar-refractivity contribution in [2.75, 3.05) is 13.2 Å². The van der Waals surface area contributed by atoms with E-state index in [2.05, 4.69) is 5.18 Å². The molecule has 0 bridgehead atoms. The van der Waals surface area contributed by atoms with Gasteiger partial charge in [0, 0.05) is 0 Å². The summed E-state index contributed by atoms with van der Waals surface area (Å²) in [5.74, 6) is -2.24. The first-order valence-corrected chi connectivity index (χ1v) is 2.35. The number of nitrogens with zero attached hydrogens (tertiary/aromatic N) is 1. The zero-order valence-corrected chi connectivity index (χ0v) is 4.65. The lowest BCUT2D eigenvalue weighted by atomic mass is 10.2. The van der Waals surface area contributed by atoms with Crippen molar-refractivity contribution < 1.29 is 15.0 Å². The number of carbonyl (C=O) groups is 1. The van der Waals surface area contributed by atoms with Crippen LogP contribution in [0.4, 0.5) is 0 Å². The van der Waals surface area contributed by atoms with Crippen molar-refractivity contribution in [3.05, 3.63) is 4.91 Å². The molecule has 0 saturated carbocycles. The molecule has 0 rings (SSSR count). The van der Waals surface area contributed by atoms with Crippen LogP contribution in [0.1, 0.15) is 0 Å². The maximum Gasteiger partial charge on any atom is 0.310 e. The van der Waals surface area contributed by atoms with E-state index in [0.29, 0.717) is 0 Å². The SMILES string of the molecule is O=NCC(CO)C(=O)O. The van der Waals surface area contributed by atoms with E-state index >= 15 is 0 Å². The average Bonchev–Trinajstić information content (AvgIpc) is 1.82. The molecule has 52 valence electrons. The topological polar surface area (TPSA) is 87.0 Å². The van der Waals surface area contributed by atoms with E-state index in [1.807, 2.05) is 0 Å². The van der Waals surface area contributed by atoms with Crippen LogP contribution in [0.15, 0.2) is 5.18 Å². The fourth-order valence-electron chi connectivity index (χ4n) is 0.304. The Balaban J connectivity index is 3.67. The zero-order valence-electron chi connectivity index (χ0n) is 4.65. The molecule has 2 N–H and O–H groups in total. The molecule has 5 heteroatoms. The number of rotatable bonds is 4. The standard InChI is InChI=1S/C4H7NO4/c6-2-3(1-5-9)4(7)8/h3,6H,1-2H2,(H,7,8). The monoisotopic (exact) mass is 133 g/mol. The summed E-state index contributed by atoms with van der Waals surface area (Å²) in [6.45, 7) is -0.910. The Morgan fingerprint density at radius 3 is 2.33 bits per heavy atom. The molecule has 0 amide bonds. The van der Waals surface area contributed by atoms with Crippen LogP contribution in [0.25, 0.3) is 0 Å². The lowest BCUT2D eigenvalue weighted by Crippen LogP contribution is -2.20. The summed E-state index contributed by atoms with van der Waals surface area (Å²) >= 11 is 0. The van der Waals surface area contributed by atoms with Crippen LogP contribution in [0.2, 0.25) is 0 Å². The molecule has 0 aliphatic heterocycles. The Morgan fingerprint density at radius 2 is 2.22 bits per heavy atom. The number of aliphatic carboxylic acids is 1. The Labute approximate surface area is 51.3 Å². The summed E-state index contributed by atoms with van der Waals surface area (Å²) in [4.78, 5) is 19.4. The Morgan fingerprint density at radius 1 is 1.67 bits per heavy atom. The third-order valence-electron chi connectivity index (χ3n) is 0.865. The highest BCUT2D eigenvalue weighted by atomic mass is 16.4. The molecule has 0 aromatic heterocycles. The number of aliphatic hydroxyl groups excluding tert-OH is 1. The molecule has 0 fully saturated rings. The average molecular weight is 133 g/mol. The van der Waals surface area contributed by atoms with Gasteiger partial charge in [-0.3, -0.25) is 4.79 Å². The van der Waals surface area contributed by atoms with Gasteiger partial charge in [0.25, 0.3) is 0 Å². The highest BCUT2D eigenvalue weighted by Crippen LogP contribution is 1.94. The minimum absolute atomic E-state index is 0.369. The molecule has 0 saturated heterocycles. The van der Waals surface area contributed by atoms with Gasteiger partial charge in [-0.1, -0.05) is 5.18 Å². The quantitative estimate of drug-likeness (QED) is 0.503. The van der Waals surface area contributed by atoms with Crippen LogP contribution in [0.5, 0.6) is 0 Å². The second-order valence-corrected chi connectivity index (χ2v) is 1.53. The predicted molar refractivity (Wildman–Crippen MR) is 28.9 cm³/mol. The molecule has 0 aliphatic carbocycles. The number of carboxylic acids is 1. The highest BCUT2D eigenvalue weighted by Gasteiger charge is 2.15. The van der Waals surface area contributed by atoms with Gasteiger partial charge in [0.1, 0.15) is 5.92 Å². The van der Waals surface area contributed by atoms with Gasteiger partial charge < -0.3 is 10.2 Å². The van der Waals surface area contributed by atoms with Crippen LogP contribution in [0.3, 0.4) is 0 Å². The zero-order chi connectivity index (χ0) is 7.28. The molecule has 0 aromatic carbocycles. The molecule has 0 radical (unpaired) electrons. The van der Waals surface area contributed by atoms with E-state index in [9.17, 15) is 9.70 Å². The van der Waals surface area contributed by atoms with Gasteiger partial charge >= 0.3 is 5.97 Å². The lowest BCUT2D eigenvalue weighted by Gasteiger charge is -2.00. The van der Waals surface area contributed by atoms with Gasteiger partial charge in [-0.05, 0) is 0 Å². The van der Waals surface area contributed by atoms with Crippen molar-refractivity contribution in [1.29, 1.82) is 0 Å². The maximum absolute atomic E-state index is 9.96. The Hall–Kier alpha value is -0.970. The summed E-state index contributed by atoms with van der Waals surface area (Å²) in [5.41, 5.74) is 0. The van der Waals surface area contributed by atoms with Crippen LogP contribution in [-0.4, -0.2) is 29.3 Å². The molecule has 0 heterocycles. The normalized spacial score (nSPS) is 12.6. The number of hydrogen-bond donors (Lipinski definition) is 2. The Bertz CT molecular complexity index is 113. The number of hydrogen-bond acceptors (Lipinski definition) is 4. The lowest BCUT2D eigenvalue weighted by molar-refractivity contribution is -0.142. The van der Waals surface area contributed by atoms with Crippen LogP contribution in [0, 0.1) is 10.8 Å². The van der Waals surface area contributed by atoms with Crippen molar-refractivity contribution in [2.24, 2.45) is 11.1 Å². The van der Waals surface area contributed by atoms with E-state index in [4.69, 9.17) is 10.2 Å². The van der Waals surface area contributed by atoms with Crippen LogP contribution >= 0.6 is 0 Å². The minimum Gasteiger partial charge on any atom is -0.481 e. The molecule has 0 aliphatic rings. The second-order valence-electron chi connectivity index (χ2n) is 1.53. The van der Waals surface area contributed by atoms with Crippen molar-refractivity contribution in [3.8, 4) is 0 Å². The largest absolute Gasteiger partial charge is 0.481 e. The van der Waals surface area contributed by atoms with Gasteiger partial charge in [-0.2, -0.15) is 4.91 Å². The molecular weight excluding hydrogens is 126 g/mol. The summed E-state index contributed by atoms with van der Waals surface area (Å²) < 4.78 is 0. The van der Waals surface area contributed by atoms with Gasteiger partial charge in [0.15, 0.2) is 0 Å². The minimum atomic E-state index is -1.20. The summed E-state index contributed by atoms with van der Waals surface area (Å²) in [6, 6.07) is 0. The van der Waals surface area contributed by atoms with E-state index in [1.165, 1.54) is 0 Å². The van der Waals surface area contributed by atoms with E-state index in [0.717, 1.165) is 0 Å². The number of carboxylic acid groups (broad SMARTS) is 1. The molecule has 0 spiro atoms. The molecule has 1 unspecified atom stereocenters. The van der Waals surface area contributed by atoms with Gasteiger partial charge in [0.2, 0.25) is 0 Å². The van der Waals surface area contributed by atoms with Crippen molar-refractivity contribution in [1.82, 2.24) is 0 Å². The third-order valence-corrected chi connectivity index (χ3v) is 0.865. The van der Waals surface area contributed by atoms with E-state index in [1.54, 1.807) is 0 Å². The maximum atomic E-state index is 9.96. The number of nitroso groups, excluding NO2 is 1. The van der Waals surface area contributed by atoms with Crippen LogP contribution < -0.4 is 0 Å². The summed E-state index contributed by atoms with van der Waals surface area (Å²) in [6.07, 6.45) is 0. The van der Waals surface area contributed by atoms with E-state index in [-0.39, 0.29) is 6.54 Å². The second kappa shape index (κ2) is 3.96. The van der Waals surface area contributed by atoms with Gasteiger partial charge in [-0.15, -0.1) is 0 Å². The molecular formula is C4H7NO4. The molecule has 0 aromatic rings. The smallest absolute Gasteiger partial charge is 0.310 e. The fourth-order valence-corrected chi connectivity index (χ4v) is 0.304.